The van der Waals surface area contributed by atoms with Crippen LogP contribution in [0.2, 0.25) is 0 Å². The van der Waals surface area contributed by atoms with Gasteiger partial charge in [0.05, 0.1) is 31.9 Å². The minimum Gasteiger partial charge on any atom is -0.467 e. The van der Waals surface area contributed by atoms with E-state index in [4.69, 9.17) is 9.15 Å². The van der Waals surface area contributed by atoms with Gasteiger partial charge in [-0.1, -0.05) is 0 Å². The van der Waals surface area contributed by atoms with Gasteiger partial charge >= 0.3 is 0 Å². The van der Waals surface area contributed by atoms with E-state index in [1.807, 2.05) is 6.07 Å². The van der Waals surface area contributed by atoms with Gasteiger partial charge in [-0.15, -0.1) is 0 Å². The van der Waals surface area contributed by atoms with E-state index in [9.17, 15) is 9.59 Å². The van der Waals surface area contributed by atoms with Crippen LogP contribution in [0.15, 0.2) is 22.8 Å². The molecule has 132 valence electrons. The van der Waals surface area contributed by atoms with Gasteiger partial charge in [0.1, 0.15) is 5.76 Å². The van der Waals surface area contributed by atoms with E-state index in [2.05, 4.69) is 17.1 Å². The summed E-state index contributed by atoms with van der Waals surface area (Å²) in [5.41, 5.74) is 0. The smallest absolute Gasteiger partial charge is 0.225 e. The number of carbonyl (C=O) groups is 2. The van der Waals surface area contributed by atoms with Crippen molar-refractivity contribution >= 4 is 11.8 Å². The number of nitrogens with zero attached hydrogens (tertiary/aromatic N) is 2. The number of nitrogens with one attached hydrogen (secondary N) is 1. The van der Waals surface area contributed by atoms with Crippen LogP contribution >= 0.6 is 0 Å². The molecule has 1 aromatic heterocycles. The Kier molecular flexibility index (Phi) is 5.52. The maximum Gasteiger partial charge on any atom is 0.225 e. The molecule has 0 aliphatic carbocycles. The highest BCUT2D eigenvalue weighted by Crippen LogP contribution is 2.20. The number of hydrogen-bond donors (Lipinski definition) is 1. The van der Waals surface area contributed by atoms with Crippen LogP contribution in [0.1, 0.15) is 19.1 Å². The molecule has 0 aromatic carbocycles. The van der Waals surface area contributed by atoms with Gasteiger partial charge in [0.25, 0.3) is 0 Å². The second-order valence-corrected chi connectivity index (χ2v) is 6.50. The van der Waals surface area contributed by atoms with Gasteiger partial charge in [-0.2, -0.15) is 0 Å². The van der Waals surface area contributed by atoms with E-state index < -0.39 is 0 Å². The van der Waals surface area contributed by atoms with Crippen molar-refractivity contribution < 1.29 is 18.7 Å². The van der Waals surface area contributed by atoms with E-state index in [1.165, 1.54) is 0 Å². The Labute approximate surface area is 141 Å². The monoisotopic (exact) mass is 335 g/mol. The molecule has 0 unspecified atom stereocenters. The highest BCUT2D eigenvalue weighted by molar-refractivity contribution is 5.89. The number of amides is 2. The standard InChI is InChI=1S/C17H25N3O4/c1-13(19-4-7-23-8-5-19)10-18-17(22)14-9-16(21)20(11-14)12-15-3-2-6-24-15/h2-3,6,13-14H,4-5,7-12H2,1H3,(H,18,22)/t13-,14+/m1/s1. The minimum absolute atomic E-state index is 0.00720. The predicted octanol–water partition coefficient (Wildman–Crippen LogP) is 0.465. The number of morpholine rings is 1. The summed E-state index contributed by atoms with van der Waals surface area (Å²) in [6.07, 6.45) is 1.87. The Morgan fingerprint density at radius 2 is 2.21 bits per heavy atom. The number of rotatable bonds is 6. The van der Waals surface area contributed by atoms with Crippen molar-refractivity contribution in [2.75, 3.05) is 39.4 Å². The lowest BCUT2D eigenvalue weighted by Crippen LogP contribution is -2.48. The highest BCUT2D eigenvalue weighted by Gasteiger charge is 2.34. The number of carbonyl (C=O) groups excluding carboxylic acids is 2. The molecule has 7 heteroatoms. The Morgan fingerprint density at radius 3 is 2.92 bits per heavy atom. The lowest BCUT2D eigenvalue weighted by atomic mass is 10.1. The highest BCUT2D eigenvalue weighted by atomic mass is 16.5. The number of furan rings is 1. The summed E-state index contributed by atoms with van der Waals surface area (Å²) in [4.78, 5) is 28.5. The molecule has 2 aliphatic heterocycles. The normalized spacial score (nSPS) is 23.5. The van der Waals surface area contributed by atoms with Crippen LogP contribution in [0.4, 0.5) is 0 Å². The minimum atomic E-state index is -0.274. The van der Waals surface area contributed by atoms with E-state index >= 15 is 0 Å². The van der Waals surface area contributed by atoms with E-state index in [1.54, 1.807) is 17.2 Å². The second-order valence-electron chi connectivity index (χ2n) is 6.50. The fourth-order valence-corrected chi connectivity index (χ4v) is 3.23. The van der Waals surface area contributed by atoms with Gasteiger partial charge in [0.15, 0.2) is 0 Å². The van der Waals surface area contributed by atoms with Crippen LogP contribution in [0, 0.1) is 5.92 Å². The summed E-state index contributed by atoms with van der Waals surface area (Å²) < 4.78 is 10.6. The number of likely N-dealkylation sites (tertiary alicyclic amines) is 1. The first-order valence-corrected chi connectivity index (χ1v) is 8.53. The van der Waals surface area contributed by atoms with Gasteiger partial charge in [0, 0.05) is 38.6 Å². The number of ether oxygens (including phenoxy) is 1. The Hall–Kier alpha value is -1.86. The predicted molar refractivity (Wildman–Crippen MR) is 87.1 cm³/mol. The molecule has 2 fully saturated rings. The molecule has 24 heavy (non-hydrogen) atoms. The average molecular weight is 335 g/mol. The Morgan fingerprint density at radius 1 is 1.42 bits per heavy atom. The third kappa shape index (κ3) is 4.15. The third-order valence-corrected chi connectivity index (χ3v) is 4.75. The number of hydrogen-bond acceptors (Lipinski definition) is 5. The van der Waals surface area contributed by atoms with Crippen molar-refractivity contribution in [3.8, 4) is 0 Å². The van der Waals surface area contributed by atoms with Crippen LogP contribution in [-0.2, 0) is 20.9 Å². The van der Waals surface area contributed by atoms with Crippen molar-refractivity contribution in [3.63, 3.8) is 0 Å². The van der Waals surface area contributed by atoms with Crippen LogP contribution in [0.5, 0.6) is 0 Å². The summed E-state index contributed by atoms with van der Waals surface area (Å²) in [6, 6.07) is 3.91. The van der Waals surface area contributed by atoms with Crippen molar-refractivity contribution in [3.05, 3.63) is 24.2 Å². The van der Waals surface area contributed by atoms with Gasteiger partial charge in [0.2, 0.25) is 11.8 Å². The SMILES string of the molecule is C[C@H](CNC(=O)[C@H]1CC(=O)N(Cc2ccco2)C1)N1CCOCC1. The zero-order valence-electron chi connectivity index (χ0n) is 14.1. The first-order valence-electron chi connectivity index (χ1n) is 8.53. The maximum absolute atomic E-state index is 12.4. The van der Waals surface area contributed by atoms with Crippen molar-refractivity contribution in [1.29, 1.82) is 0 Å². The molecule has 7 nitrogen and oxygen atoms in total. The summed E-state index contributed by atoms with van der Waals surface area (Å²) in [5, 5.41) is 3.00. The molecule has 0 radical (unpaired) electrons. The molecule has 3 heterocycles. The molecule has 3 rings (SSSR count). The molecular weight excluding hydrogens is 310 g/mol. The van der Waals surface area contributed by atoms with Crippen LogP contribution < -0.4 is 5.32 Å². The van der Waals surface area contributed by atoms with Crippen LogP contribution in [-0.4, -0.2) is 67.0 Å². The molecule has 1 aromatic rings. The molecule has 1 N–H and O–H groups in total. The first-order chi connectivity index (χ1) is 11.6. The van der Waals surface area contributed by atoms with Crippen molar-refractivity contribution in [2.24, 2.45) is 5.92 Å². The second kappa shape index (κ2) is 7.81. The topological polar surface area (TPSA) is 75.0 Å². The maximum atomic E-state index is 12.4. The average Bonchev–Trinajstić information content (AvgIpc) is 3.24. The molecule has 0 bridgehead atoms. The summed E-state index contributed by atoms with van der Waals surface area (Å²) >= 11 is 0. The summed E-state index contributed by atoms with van der Waals surface area (Å²) in [5.74, 6) is 0.438. The zero-order valence-corrected chi connectivity index (χ0v) is 14.1. The largest absolute Gasteiger partial charge is 0.467 e. The molecule has 0 spiro atoms. The van der Waals surface area contributed by atoms with Gasteiger partial charge < -0.3 is 19.4 Å². The zero-order chi connectivity index (χ0) is 16.9. The van der Waals surface area contributed by atoms with E-state index in [0.29, 0.717) is 19.6 Å². The van der Waals surface area contributed by atoms with Crippen molar-refractivity contribution in [1.82, 2.24) is 15.1 Å². The first kappa shape index (κ1) is 17.0. The molecule has 2 aliphatic rings. The van der Waals surface area contributed by atoms with Gasteiger partial charge in [-0.3, -0.25) is 14.5 Å². The fraction of sp³-hybridized carbons (Fsp3) is 0.647. The molecule has 2 atom stereocenters. The quantitative estimate of drug-likeness (QED) is 0.818. The Bertz CT molecular complexity index is 554. The lowest BCUT2D eigenvalue weighted by Gasteiger charge is -2.32. The van der Waals surface area contributed by atoms with E-state index in [-0.39, 0.29) is 30.2 Å². The Balaban J connectivity index is 1.44. The van der Waals surface area contributed by atoms with Crippen LogP contribution in [0.3, 0.4) is 0 Å². The molecular formula is C17H25N3O4. The molecule has 0 saturated carbocycles. The molecule has 2 amide bonds. The van der Waals surface area contributed by atoms with Crippen LogP contribution in [0.25, 0.3) is 0 Å². The van der Waals surface area contributed by atoms with Gasteiger partial charge in [-0.25, -0.2) is 0 Å². The third-order valence-electron chi connectivity index (χ3n) is 4.75. The molecule has 2 saturated heterocycles. The lowest BCUT2D eigenvalue weighted by molar-refractivity contribution is -0.129. The summed E-state index contributed by atoms with van der Waals surface area (Å²) in [7, 11) is 0. The van der Waals surface area contributed by atoms with Crippen molar-refractivity contribution in [2.45, 2.75) is 25.9 Å². The fourth-order valence-electron chi connectivity index (χ4n) is 3.23. The van der Waals surface area contributed by atoms with E-state index in [0.717, 1.165) is 32.1 Å². The van der Waals surface area contributed by atoms with Gasteiger partial charge in [-0.05, 0) is 19.1 Å². The summed E-state index contributed by atoms with van der Waals surface area (Å²) in [6.45, 7) is 6.88.